The number of aromatic nitrogens is 1. The zero-order chi connectivity index (χ0) is 11.9. The van der Waals surface area contributed by atoms with Gasteiger partial charge in [0, 0.05) is 31.4 Å². The van der Waals surface area contributed by atoms with E-state index in [-0.39, 0.29) is 0 Å². The molecular weight excluding hydrogens is 285 g/mol. The summed E-state index contributed by atoms with van der Waals surface area (Å²) in [6.45, 7) is 0. The molecule has 5 heteroatoms. The van der Waals surface area contributed by atoms with Crippen molar-refractivity contribution in [2.24, 2.45) is 0 Å². The van der Waals surface area contributed by atoms with E-state index in [4.69, 9.17) is 4.98 Å². The van der Waals surface area contributed by atoms with E-state index in [9.17, 15) is 0 Å². The van der Waals surface area contributed by atoms with Gasteiger partial charge < -0.3 is 4.90 Å². The van der Waals surface area contributed by atoms with Crippen molar-refractivity contribution in [2.45, 2.75) is 0 Å². The van der Waals surface area contributed by atoms with Crippen LogP contribution >= 0.6 is 23.6 Å². The van der Waals surface area contributed by atoms with Crippen molar-refractivity contribution in [1.82, 2.24) is 4.98 Å². The number of hydrogen-bond donors (Lipinski definition) is 0. The molecule has 0 fully saturated rings. The smallest absolute Gasteiger partial charge is 0.163 e. The van der Waals surface area contributed by atoms with Crippen LogP contribution in [0.15, 0.2) is 22.7 Å². The van der Waals surface area contributed by atoms with Gasteiger partial charge in [-0.2, -0.15) is 0 Å². The van der Waals surface area contributed by atoms with Crippen molar-refractivity contribution in [3.05, 3.63) is 22.7 Å². The van der Waals surface area contributed by atoms with Crippen LogP contribution < -0.4 is 9.57 Å². The number of halogens is 1. The minimum Gasteiger partial charge on any atom is -0.358 e. The van der Waals surface area contributed by atoms with E-state index in [1.165, 1.54) is 5.12 Å². The molecule has 1 unspecified atom stereocenters. The molecule has 0 N–H and O–H groups in total. The highest BCUT2D eigenvalue weighted by Gasteiger charge is 2.15. The fourth-order valence-electron chi connectivity index (χ4n) is 1.71. The topological polar surface area (TPSA) is 19.4 Å². The van der Waals surface area contributed by atoms with Crippen molar-refractivity contribution in [1.29, 1.82) is 0 Å². The number of fused-ring (bicyclic) bond motifs is 1. The largest absolute Gasteiger partial charge is 0.358 e. The molecule has 0 amide bonds. The minimum absolute atomic E-state index is 0.447. The first-order chi connectivity index (χ1) is 7.50. The molecule has 86 valence electrons. The average molecular weight is 300 g/mol. The zero-order valence-corrected chi connectivity index (χ0v) is 12.4. The highest BCUT2D eigenvalue weighted by Crippen LogP contribution is 2.47. The first-order valence-electron chi connectivity index (χ1n) is 5.03. The summed E-state index contributed by atoms with van der Waals surface area (Å²) in [6.07, 6.45) is 0. The molecule has 0 radical (unpaired) electrons. The van der Waals surface area contributed by atoms with Crippen LogP contribution in [-0.2, 0) is 0 Å². The molecule has 1 atom stereocenters. The summed E-state index contributed by atoms with van der Waals surface area (Å²) in [5, 5.41) is 1.34. The lowest BCUT2D eigenvalue weighted by Crippen LogP contribution is -2.12. The first-order valence-corrected chi connectivity index (χ1v) is 7.12. The van der Waals surface area contributed by atoms with E-state index in [0.29, 0.717) is 0 Å². The van der Waals surface area contributed by atoms with Gasteiger partial charge in [0.05, 0.1) is 5.52 Å². The predicted molar refractivity (Wildman–Crippen MR) is 76.5 cm³/mol. The SMILES string of the molecule is CN(C)c1nc2cc(Br)ccc2p1N(C)C. The minimum atomic E-state index is -0.447. The van der Waals surface area contributed by atoms with Gasteiger partial charge in [0.2, 0.25) is 0 Å². The maximum absolute atomic E-state index is 4.71. The highest BCUT2D eigenvalue weighted by molar-refractivity contribution is 9.10. The van der Waals surface area contributed by atoms with Gasteiger partial charge in [0.15, 0.2) is 5.55 Å². The lowest BCUT2D eigenvalue weighted by atomic mass is 10.3. The van der Waals surface area contributed by atoms with Crippen molar-refractivity contribution < 1.29 is 0 Å². The Hall–Kier alpha value is -0.570. The normalized spacial score (nSPS) is 12.5. The molecule has 3 nitrogen and oxygen atoms in total. The Kier molecular flexibility index (Phi) is 3.24. The summed E-state index contributed by atoms with van der Waals surface area (Å²) in [6, 6.07) is 6.35. The molecule has 2 aromatic rings. The summed E-state index contributed by atoms with van der Waals surface area (Å²) < 4.78 is 3.34. The maximum atomic E-state index is 4.71. The lowest BCUT2D eigenvalue weighted by molar-refractivity contribution is 1.11. The summed E-state index contributed by atoms with van der Waals surface area (Å²) in [5.41, 5.74) is 2.26. The Labute approximate surface area is 105 Å². The summed E-state index contributed by atoms with van der Waals surface area (Å²) in [7, 11) is 7.89. The maximum Gasteiger partial charge on any atom is 0.163 e. The third kappa shape index (κ3) is 1.97. The molecule has 2 rings (SSSR count). The fourth-order valence-corrected chi connectivity index (χ4v) is 4.19. The third-order valence-corrected chi connectivity index (χ3v) is 5.38. The van der Waals surface area contributed by atoms with E-state index >= 15 is 0 Å². The van der Waals surface area contributed by atoms with Gasteiger partial charge in [-0.25, -0.2) is 4.98 Å². The molecule has 0 spiro atoms. The number of rotatable bonds is 2. The Morgan fingerprint density at radius 3 is 2.44 bits per heavy atom. The van der Waals surface area contributed by atoms with Gasteiger partial charge >= 0.3 is 0 Å². The van der Waals surface area contributed by atoms with Crippen LogP contribution in [0.3, 0.4) is 0 Å². The molecule has 0 saturated carbocycles. The van der Waals surface area contributed by atoms with E-state index < -0.39 is 7.68 Å². The van der Waals surface area contributed by atoms with Gasteiger partial charge in [-0.3, -0.25) is 4.67 Å². The molecule has 1 aromatic heterocycles. The van der Waals surface area contributed by atoms with Crippen molar-refractivity contribution in [3.8, 4) is 0 Å². The van der Waals surface area contributed by atoms with E-state index in [1.807, 2.05) is 0 Å². The summed E-state index contributed by atoms with van der Waals surface area (Å²) >= 11 is 3.49. The average Bonchev–Trinajstić information content (AvgIpc) is 2.55. The molecular formula is C11H15BrN3P. The van der Waals surface area contributed by atoms with Gasteiger partial charge in [0.1, 0.15) is 0 Å². The van der Waals surface area contributed by atoms with Crippen LogP contribution in [0.25, 0.3) is 10.6 Å². The molecule has 0 aliphatic carbocycles. The predicted octanol–water partition coefficient (Wildman–Crippen LogP) is 3.25. The molecule has 0 aliphatic heterocycles. The second kappa shape index (κ2) is 4.36. The monoisotopic (exact) mass is 299 g/mol. The van der Waals surface area contributed by atoms with Gasteiger partial charge in [-0.1, -0.05) is 15.9 Å². The number of anilines is 1. The second-order valence-electron chi connectivity index (χ2n) is 4.10. The number of nitrogens with zero attached hydrogens (tertiary/aromatic N) is 3. The molecule has 0 aliphatic rings. The van der Waals surface area contributed by atoms with E-state index in [1.54, 1.807) is 0 Å². The Morgan fingerprint density at radius 2 is 1.88 bits per heavy atom. The van der Waals surface area contributed by atoms with Crippen LogP contribution in [-0.4, -0.2) is 33.2 Å². The number of benzene rings is 1. The molecule has 1 heterocycles. The van der Waals surface area contributed by atoms with E-state index in [2.05, 4.69) is 71.9 Å². The van der Waals surface area contributed by atoms with Gasteiger partial charge in [-0.05, 0) is 32.3 Å². The third-order valence-electron chi connectivity index (χ3n) is 2.38. The zero-order valence-electron chi connectivity index (χ0n) is 9.90. The van der Waals surface area contributed by atoms with Crippen molar-refractivity contribution in [3.63, 3.8) is 0 Å². The van der Waals surface area contributed by atoms with Crippen LogP contribution in [0.5, 0.6) is 0 Å². The van der Waals surface area contributed by atoms with Gasteiger partial charge in [0.25, 0.3) is 0 Å². The standard InChI is InChI=1S/C11H15BrN3P/c1-14(2)11-13-9-7-8(12)5-6-10(9)16(11)15(3)4/h5-7H,1-4H3. The molecule has 0 saturated heterocycles. The highest BCUT2D eigenvalue weighted by atomic mass is 79.9. The quantitative estimate of drug-likeness (QED) is 0.848. The Balaban J connectivity index is 2.75. The second-order valence-corrected chi connectivity index (χ2v) is 7.32. The first kappa shape index (κ1) is 11.9. The van der Waals surface area contributed by atoms with Crippen molar-refractivity contribution in [2.75, 3.05) is 37.8 Å². The van der Waals surface area contributed by atoms with Crippen LogP contribution in [0.4, 0.5) is 5.55 Å². The molecule has 0 bridgehead atoms. The fraction of sp³-hybridized carbons (Fsp3) is 0.364. The summed E-state index contributed by atoms with van der Waals surface area (Å²) in [4.78, 5) is 6.83. The van der Waals surface area contributed by atoms with Crippen LogP contribution in [0.1, 0.15) is 0 Å². The molecule has 16 heavy (non-hydrogen) atoms. The Morgan fingerprint density at radius 1 is 1.19 bits per heavy atom. The lowest BCUT2D eigenvalue weighted by Gasteiger charge is -2.17. The van der Waals surface area contributed by atoms with Gasteiger partial charge in [-0.15, -0.1) is 0 Å². The van der Waals surface area contributed by atoms with Crippen molar-refractivity contribution >= 4 is 39.8 Å². The van der Waals surface area contributed by atoms with Crippen LogP contribution in [0, 0.1) is 0 Å². The van der Waals surface area contributed by atoms with Crippen LogP contribution in [0.2, 0.25) is 0 Å². The number of hydrogen-bond acceptors (Lipinski definition) is 3. The van der Waals surface area contributed by atoms with E-state index in [0.717, 1.165) is 15.5 Å². The molecule has 1 aromatic carbocycles. The summed E-state index contributed by atoms with van der Waals surface area (Å²) in [5.74, 6) is 0. The Bertz CT molecular complexity index is 519.